The molecule has 0 aliphatic carbocycles. The number of morpholine rings is 1. The molecule has 30 heavy (non-hydrogen) atoms. The number of hydrogen-bond acceptors (Lipinski definition) is 6. The summed E-state index contributed by atoms with van der Waals surface area (Å²) in [7, 11) is 0. The first-order valence-electron chi connectivity index (χ1n) is 9.71. The van der Waals surface area contributed by atoms with Crippen molar-refractivity contribution >= 4 is 16.8 Å². The molecule has 1 amide bonds. The smallest absolute Gasteiger partial charge is 0.254 e. The van der Waals surface area contributed by atoms with Gasteiger partial charge in [-0.05, 0) is 35.9 Å². The van der Waals surface area contributed by atoms with E-state index in [-0.39, 0.29) is 12.5 Å². The van der Waals surface area contributed by atoms with Crippen LogP contribution >= 0.6 is 0 Å². The highest BCUT2D eigenvalue weighted by Crippen LogP contribution is 2.26. The van der Waals surface area contributed by atoms with Crippen molar-refractivity contribution < 1.29 is 14.6 Å². The highest BCUT2D eigenvalue weighted by molar-refractivity contribution is 5.94. The number of aromatic nitrogens is 5. The van der Waals surface area contributed by atoms with Gasteiger partial charge in [-0.1, -0.05) is 17.3 Å². The maximum atomic E-state index is 12.6. The van der Waals surface area contributed by atoms with Crippen molar-refractivity contribution in [2.24, 2.45) is 0 Å². The summed E-state index contributed by atoms with van der Waals surface area (Å²) in [5.74, 6) is 0.00868. The molecule has 0 radical (unpaired) electrons. The zero-order chi connectivity index (χ0) is 20.5. The molecule has 0 bridgehead atoms. The molecule has 152 valence electrons. The van der Waals surface area contributed by atoms with E-state index in [1.165, 1.54) is 0 Å². The lowest BCUT2D eigenvalue weighted by Crippen LogP contribution is -2.40. The highest BCUT2D eigenvalue weighted by Gasteiger charge is 2.18. The molecule has 0 saturated carbocycles. The summed E-state index contributed by atoms with van der Waals surface area (Å²) in [5.41, 5.74) is 4.41. The second kappa shape index (κ2) is 7.69. The molecule has 1 aliphatic rings. The largest absolute Gasteiger partial charge is 0.392 e. The van der Waals surface area contributed by atoms with E-state index in [9.17, 15) is 9.90 Å². The summed E-state index contributed by atoms with van der Waals surface area (Å²) in [5, 5.41) is 26.0. The van der Waals surface area contributed by atoms with Gasteiger partial charge in [0.1, 0.15) is 11.4 Å². The second-order valence-corrected chi connectivity index (χ2v) is 7.11. The quantitative estimate of drug-likeness (QED) is 0.537. The highest BCUT2D eigenvalue weighted by atomic mass is 16.5. The van der Waals surface area contributed by atoms with Crippen LogP contribution in [0.5, 0.6) is 0 Å². The van der Waals surface area contributed by atoms with Crippen LogP contribution in [0.25, 0.3) is 28.0 Å². The third-order valence-corrected chi connectivity index (χ3v) is 5.22. The minimum absolute atomic E-state index is 0.00868. The molecule has 0 atom stereocenters. The van der Waals surface area contributed by atoms with Crippen molar-refractivity contribution in [2.45, 2.75) is 6.61 Å². The van der Waals surface area contributed by atoms with E-state index in [2.05, 4.69) is 20.5 Å². The van der Waals surface area contributed by atoms with E-state index >= 15 is 0 Å². The van der Waals surface area contributed by atoms with Gasteiger partial charge in [0.2, 0.25) is 0 Å². The molecule has 4 aromatic rings. The third-order valence-electron chi connectivity index (χ3n) is 5.22. The van der Waals surface area contributed by atoms with Crippen molar-refractivity contribution in [3.63, 3.8) is 0 Å². The SMILES string of the molecule is O=C(c1ccc(-n2cc(-c3n[nH]c4cc(CO)ccc34)nn2)cc1)N1CCOCC1. The summed E-state index contributed by atoms with van der Waals surface area (Å²) in [6, 6.07) is 12.9. The van der Waals surface area contributed by atoms with Gasteiger partial charge in [-0.2, -0.15) is 5.10 Å². The number of aliphatic hydroxyl groups is 1. The molecule has 2 aromatic heterocycles. The first-order valence-corrected chi connectivity index (χ1v) is 9.71. The van der Waals surface area contributed by atoms with Crippen LogP contribution in [0.4, 0.5) is 0 Å². The summed E-state index contributed by atoms with van der Waals surface area (Å²) < 4.78 is 6.96. The molecule has 0 spiro atoms. The van der Waals surface area contributed by atoms with Gasteiger partial charge in [0, 0.05) is 24.0 Å². The fourth-order valence-electron chi connectivity index (χ4n) is 3.56. The predicted octanol–water partition coefficient (Wildman–Crippen LogP) is 1.78. The Morgan fingerprint density at radius 3 is 2.70 bits per heavy atom. The number of ether oxygens (including phenoxy) is 1. The number of nitrogens with one attached hydrogen (secondary N) is 1. The summed E-state index contributed by atoms with van der Waals surface area (Å²) in [6.07, 6.45) is 1.80. The van der Waals surface area contributed by atoms with Gasteiger partial charge in [-0.3, -0.25) is 9.89 Å². The van der Waals surface area contributed by atoms with E-state index in [1.807, 2.05) is 30.3 Å². The van der Waals surface area contributed by atoms with Crippen molar-refractivity contribution in [3.8, 4) is 17.1 Å². The molecule has 0 unspecified atom stereocenters. The van der Waals surface area contributed by atoms with Gasteiger partial charge in [-0.25, -0.2) is 4.68 Å². The molecule has 2 N–H and O–H groups in total. The van der Waals surface area contributed by atoms with Crippen LogP contribution in [0.15, 0.2) is 48.7 Å². The first kappa shape index (κ1) is 18.5. The van der Waals surface area contributed by atoms with Crippen LogP contribution in [-0.2, 0) is 11.3 Å². The normalized spacial score (nSPS) is 14.4. The van der Waals surface area contributed by atoms with Crippen LogP contribution in [0.1, 0.15) is 15.9 Å². The minimum Gasteiger partial charge on any atom is -0.392 e. The molecule has 2 aromatic carbocycles. The number of nitrogens with zero attached hydrogens (tertiary/aromatic N) is 5. The number of aromatic amines is 1. The van der Waals surface area contributed by atoms with Crippen LogP contribution < -0.4 is 0 Å². The Morgan fingerprint density at radius 1 is 1.13 bits per heavy atom. The van der Waals surface area contributed by atoms with Crippen LogP contribution in [-0.4, -0.2) is 67.4 Å². The molecule has 5 rings (SSSR count). The average molecular weight is 404 g/mol. The van der Waals surface area contributed by atoms with E-state index in [0.29, 0.717) is 43.3 Å². The lowest BCUT2D eigenvalue weighted by atomic mass is 10.1. The molecule has 1 aliphatic heterocycles. The fourth-order valence-corrected chi connectivity index (χ4v) is 3.56. The van der Waals surface area contributed by atoms with Gasteiger partial charge in [0.25, 0.3) is 5.91 Å². The van der Waals surface area contributed by atoms with Gasteiger partial charge < -0.3 is 14.7 Å². The third kappa shape index (κ3) is 3.34. The first-order chi connectivity index (χ1) is 14.7. The number of aliphatic hydroxyl groups excluding tert-OH is 1. The Morgan fingerprint density at radius 2 is 1.93 bits per heavy atom. The van der Waals surface area contributed by atoms with Gasteiger partial charge in [0.05, 0.1) is 37.2 Å². The summed E-state index contributed by atoms with van der Waals surface area (Å²) in [6.45, 7) is 2.36. The topological polar surface area (TPSA) is 109 Å². The number of hydrogen-bond donors (Lipinski definition) is 2. The molecule has 9 nitrogen and oxygen atoms in total. The van der Waals surface area contributed by atoms with Gasteiger partial charge in [-0.15, -0.1) is 5.10 Å². The zero-order valence-electron chi connectivity index (χ0n) is 16.2. The Balaban J connectivity index is 1.38. The molecular formula is C21H20N6O3. The van der Waals surface area contributed by atoms with E-state index in [4.69, 9.17) is 4.74 Å². The summed E-state index contributed by atoms with van der Waals surface area (Å²) >= 11 is 0. The number of benzene rings is 2. The van der Waals surface area contributed by atoms with Crippen LogP contribution in [0, 0.1) is 0 Å². The maximum absolute atomic E-state index is 12.6. The van der Waals surface area contributed by atoms with Crippen LogP contribution in [0.2, 0.25) is 0 Å². The van der Waals surface area contributed by atoms with E-state index < -0.39 is 0 Å². The molecular weight excluding hydrogens is 384 g/mol. The Kier molecular flexibility index (Phi) is 4.74. The fraction of sp³-hybridized carbons (Fsp3) is 0.238. The van der Waals surface area contributed by atoms with Gasteiger partial charge >= 0.3 is 0 Å². The Labute approximate surface area is 171 Å². The maximum Gasteiger partial charge on any atom is 0.254 e. The molecule has 9 heteroatoms. The van der Waals surface area contributed by atoms with Crippen molar-refractivity contribution in [3.05, 3.63) is 59.8 Å². The van der Waals surface area contributed by atoms with Gasteiger partial charge in [0.15, 0.2) is 0 Å². The minimum atomic E-state index is -0.0233. The number of carbonyl (C=O) groups is 1. The monoisotopic (exact) mass is 404 g/mol. The number of amides is 1. The molecule has 3 heterocycles. The number of rotatable bonds is 4. The average Bonchev–Trinajstić information content (AvgIpc) is 3.46. The van der Waals surface area contributed by atoms with Crippen molar-refractivity contribution in [1.82, 2.24) is 30.1 Å². The van der Waals surface area contributed by atoms with Crippen molar-refractivity contribution in [2.75, 3.05) is 26.3 Å². The lowest BCUT2D eigenvalue weighted by Gasteiger charge is -2.26. The number of H-pyrrole nitrogens is 1. The summed E-state index contributed by atoms with van der Waals surface area (Å²) in [4.78, 5) is 14.4. The lowest BCUT2D eigenvalue weighted by molar-refractivity contribution is 0.0303. The molecule has 1 saturated heterocycles. The van der Waals surface area contributed by atoms with Crippen molar-refractivity contribution in [1.29, 1.82) is 0 Å². The molecule has 1 fully saturated rings. The predicted molar refractivity (Wildman–Crippen MR) is 109 cm³/mol. The number of carbonyl (C=O) groups excluding carboxylic acids is 1. The Bertz CT molecular complexity index is 1190. The zero-order valence-corrected chi connectivity index (χ0v) is 16.2. The Hall–Kier alpha value is -3.56. The van der Waals surface area contributed by atoms with E-state index in [0.717, 1.165) is 22.2 Å². The van der Waals surface area contributed by atoms with Crippen LogP contribution in [0.3, 0.4) is 0 Å². The van der Waals surface area contributed by atoms with E-state index in [1.54, 1.807) is 27.9 Å². The number of fused-ring (bicyclic) bond motifs is 1. The standard InChI is InChI=1S/C21H20N6O3/c28-13-14-1-6-17-18(11-14)22-24-20(17)19-12-27(25-23-19)16-4-2-15(3-5-16)21(29)26-7-9-30-10-8-26/h1-6,11-12,28H,7-10,13H2,(H,22,24). The second-order valence-electron chi connectivity index (χ2n) is 7.11.